The van der Waals surface area contributed by atoms with Gasteiger partial charge in [0, 0.05) is 43.7 Å². The van der Waals surface area contributed by atoms with Crippen LogP contribution in [0.4, 0.5) is 11.8 Å². The first-order chi connectivity index (χ1) is 21.7. The second-order valence-corrected chi connectivity index (χ2v) is 12.7. The largest absolute Gasteiger partial charge is 0.492 e. The molecule has 0 spiro atoms. The molecule has 0 unspecified atom stereocenters. The summed E-state index contributed by atoms with van der Waals surface area (Å²) < 4.78 is 6.30. The molecule has 236 valence electrons. The molecule has 3 aliphatic heterocycles. The van der Waals surface area contributed by atoms with Gasteiger partial charge in [0.05, 0.1) is 12.1 Å². The summed E-state index contributed by atoms with van der Waals surface area (Å²) in [6.07, 6.45) is 13.5. The fourth-order valence-electron chi connectivity index (χ4n) is 6.94. The first kappa shape index (κ1) is 30.6. The van der Waals surface area contributed by atoms with Crippen molar-refractivity contribution in [3.8, 4) is 5.75 Å². The molecule has 8 heteroatoms. The molecule has 3 aliphatic rings. The third-order valence-corrected chi connectivity index (χ3v) is 9.46. The zero-order valence-corrected chi connectivity index (χ0v) is 26.5. The molecular formula is C36H50N6O2. The van der Waals surface area contributed by atoms with Crippen LogP contribution in [0.15, 0.2) is 48.5 Å². The zero-order valence-electron chi connectivity index (χ0n) is 26.5. The van der Waals surface area contributed by atoms with E-state index in [1.165, 1.54) is 71.0 Å². The highest BCUT2D eigenvalue weighted by atomic mass is 16.5. The van der Waals surface area contributed by atoms with E-state index >= 15 is 0 Å². The van der Waals surface area contributed by atoms with E-state index in [9.17, 15) is 4.79 Å². The molecule has 2 aromatic carbocycles. The van der Waals surface area contributed by atoms with Gasteiger partial charge in [-0.1, -0.05) is 31.0 Å². The Labute approximate surface area is 263 Å². The minimum absolute atomic E-state index is 0.108. The molecule has 3 aromatic rings. The maximum absolute atomic E-state index is 13.0. The molecule has 6 rings (SSSR count). The van der Waals surface area contributed by atoms with Gasteiger partial charge in [0.2, 0.25) is 5.95 Å². The summed E-state index contributed by atoms with van der Waals surface area (Å²) >= 11 is 0. The van der Waals surface area contributed by atoms with E-state index in [2.05, 4.69) is 39.0 Å². The van der Waals surface area contributed by atoms with Crippen molar-refractivity contribution in [2.45, 2.75) is 70.6 Å². The predicted octanol–water partition coefficient (Wildman–Crippen LogP) is 6.40. The smallest absolute Gasteiger partial charge is 0.253 e. The molecule has 3 saturated heterocycles. The number of nitrogens with zero attached hydrogens (tertiary/aromatic N) is 6. The number of amides is 1. The van der Waals surface area contributed by atoms with Crippen LogP contribution in [-0.2, 0) is 0 Å². The van der Waals surface area contributed by atoms with Crippen LogP contribution in [0.3, 0.4) is 0 Å². The molecular weight excluding hydrogens is 548 g/mol. The van der Waals surface area contributed by atoms with Crippen molar-refractivity contribution in [3.05, 3.63) is 54.1 Å². The van der Waals surface area contributed by atoms with Gasteiger partial charge < -0.3 is 24.3 Å². The number of para-hydroxylation sites is 1. The summed E-state index contributed by atoms with van der Waals surface area (Å²) in [6, 6.07) is 16.1. The van der Waals surface area contributed by atoms with E-state index in [-0.39, 0.29) is 5.91 Å². The van der Waals surface area contributed by atoms with Crippen molar-refractivity contribution in [3.63, 3.8) is 0 Å². The summed E-state index contributed by atoms with van der Waals surface area (Å²) in [5, 5.41) is 1.10. The van der Waals surface area contributed by atoms with Crippen molar-refractivity contribution in [2.24, 2.45) is 0 Å². The standard InChI is InChI=1S/C36H50N6O2/c43-35(41-23-12-13-24-41)30-15-14-16-31(29-30)44-28-27-40(22-9-2-8-21-39-19-6-1-7-20-39)34-32-17-4-5-18-33(32)37-36(38-34)42-25-10-3-11-26-42/h4-5,14-18,29H,1-3,6-13,19-28H2. The van der Waals surface area contributed by atoms with E-state index in [0.717, 1.165) is 86.9 Å². The van der Waals surface area contributed by atoms with Gasteiger partial charge in [0.1, 0.15) is 18.2 Å². The molecule has 8 nitrogen and oxygen atoms in total. The van der Waals surface area contributed by atoms with Gasteiger partial charge in [-0.05, 0) is 108 Å². The SMILES string of the molecule is O=C(c1cccc(OCCN(CCCCCN2CCCCC2)c2nc(N3CCCCC3)nc3ccccc23)c1)N1CCCC1. The third kappa shape index (κ3) is 8.00. The Balaban J connectivity index is 1.16. The number of carbonyl (C=O) groups excluding carboxylic acids is 1. The summed E-state index contributed by atoms with van der Waals surface area (Å²) in [5.74, 6) is 2.71. The number of fused-ring (bicyclic) bond motifs is 1. The van der Waals surface area contributed by atoms with Crippen molar-refractivity contribution < 1.29 is 9.53 Å². The van der Waals surface area contributed by atoms with E-state index in [1.807, 2.05) is 29.2 Å². The van der Waals surface area contributed by atoms with Crippen molar-refractivity contribution in [1.82, 2.24) is 19.8 Å². The van der Waals surface area contributed by atoms with Gasteiger partial charge in [0.25, 0.3) is 5.91 Å². The number of aromatic nitrogens is 2. The maximum Gasteiger partial charge on any atom is 0.253 e. The fourth-order valence-corrected chi connectivity index (χ4v) is 6.94. The molecule has 0 radical (unpaired) electrons. The average Bonchev–Trinajstić information content (AvgIpc) is 3.63. The first-order valence-corrected chi connectivity index (χ1v) is 17.3. The topological polar surface area (TPSA) is 65.0 Å². The van der Waals surface area contributed by atoms with Crippen LogP contribution in [0.2, 0.25) is 0 Å². The van der Waals surface area contributed by atoms with E-state index < -0.39 is 0 Å². The number of benzene rings is 2. The van der Waals surface area contributed by atoms with Gasteiger partial charge in [-0.15, -0.1) is 0 Å². The van der Waals surface area contributed by atoms with Crippen LogP contribution < -0.4 is 14.5 Å². The van der Waals surface area contributed by atoms with Crippen LogP contribution in [-0.4, -0.2) is 91.2 Å². The van der Waals surface area contributed by atoms with Gasteiger partial charge in [-0.25, -0.2) is 4.98 Å². The van der Waals surface area contributed by atoms with Gasteiger partial charge in [-0.3, -0.25) is 4.79 Å². The van der Waals surface area contributed by atoms with Crippen molar-refractivity contribution in [1.29, 1.82) is 0 Å². The van der Waals surface area contributed by atoms with Gasteiger partial charge >= 0.3 is 0 Å². The lowest BCUT2D eigenvalue weighted by molar-refractivity contribution is 0.0792. The number of anilines is 2. The summed E-state index contributed by atoms with van der Waals surface area (Å²) in [5.41, 5.74) is 1.71. The molecule has 1 aromatic heterocycles. The lowest BCUT2D eigenvalue weighted by atomic mass is 10.1. The number of hydrogen-bond donors (Lipinski definition) is 0. The van der Waals surface area contributed by atoms with Crippen LogP contribution in [0.1, 0.15) is 81.0 Å². The molecule has 4 heterocycles. The Morgan fingerprint density at radius 1 is 0.750 bits per heavy atom. The van der Waals surface area contributed by atoms with E-state index in [4.69, 9.17) is 14.7 Å². The maximum atomic E-state index is 13.0. The molecule has 0 bridgehead atoms. The number of ether oxygens (including phenoxy) is 1. The summed E-state index contributed by atoms with van der Waals surface area (Å²) in [6.45, 7) is 9.65. The number of hydrogen-bond acceptors (Lipinski definition) is 7. The lowest BCUT2D eigenvalue weighted by Crippen LogP contribution is -2.34. The number of piperidine rings is 2. The second kappa shape index (κ2) is 15.6. The van der Waals surface area contributed by atoms with Crippen LogP contribution in [0.25, 0.3) is 10.9 Å². The van der Waals surface area contributed by atoms with Crippen LogP contribution >= 0.6 is 0 Å². The highest BCUT2D eigenvalue weighted by Crippen LogP contribution is 2.28. The molecule has 0 atom stereocenters. The van der Waals surface area contributed by atoms with E-state index in [1.54, 1.807) is 0 Å². The van der Waals surface area contributed by atoms with Crippen LogP contribution in [0, 0.1) is 0 Å². The highest BCUT2D eigenvalue weighted by Gasteiger charge is 2.21. The second-order valence-electron chi connectivity index (χ2n) is 12.7. The average molecular weight is 599 g/mol. The Kier molecular flexibility index (Phi) is 10.8. The monoisotopic (exact) mass is 598 g/mol. The quantitative estimate of drug-likeness (QED) is 0.211. The number of unbranched alkanes of at least 4 members (excludes halogenated alkanes) is 2. The Morgan fingerprint density at radius 3 is 2.32 bits per heavy atom. The molecule has 3 fully saturated rings. The molecule has 0 N–H and O–H groups in total. The summed E-state index contributed by atoms with van der Waals surface area (Å²) in [7, 11) is 0. The molecule has 0 aliphatic carbocycles. The minimum atomic E-state index is 0.108. The zero-order chi connectivity index (χ0) is 30.0. The number of rotatable bonds is 13. The van der Waals surface area contributed by atoms with Crippen molar-refractivity contribution >= 4 is 28.6 Å². The molecule has 1 amide bonds. The fraction of sp³-hybridized carbons (Fsp3) is 0.583. The molecule has 44 heavy (non-hydrogen) atoms. The number of carbonyl (C=O) groups is 1. The summed E-state index contributed by atoms with van der Waals surface area (Å²) in [4.78, 5) is 32.6. The first-order valence-electron chi connectivity index (χ1n) is 17.3. The highest BCUT2D eigenvalue weighted by molar-refractivity contribution is 5.94. The predicted molar refractivity (Wildman–Crippen MR) is 179 cm³/mol. The lowest BCUT2D eigenvalue weighted by Gasteiger charge is -2.30. The Hall–Kier alpha value is -3.39. The van der Waals surface area contributed by atoms with E-state index in [0.29, 0.717) is 12.2 Å². The normalized spacial score (nSPS) is 17.7. The minimum Gasteiger partial charge on any atom is -0.492 e. The third-order valence-electron chi connectivity index (χ3n) is 9.46. The van der Waals surface area contributed by atoms with Crippen molar-refractivity contribution in [2.75, 3.05) is 75.3 Å². The van der Waals surface area contributed by atoms with Gasteiger partial charge in [-0.2, -0.15) is 4.98 Å². The van der Waals surface area contributed by atoms with Gasteiger partial charge in [0.15, 0.2) is 0 Å². The molecule has 0 saturated carbocycles. The number of likely N-dealkylation sites (tertiary alicyclic amines) is 2. The van der Waals surface area contributed by atoms with Crippen LogP contribution in [0.5, 0.6) is 5.75 Å². The Bertz CT molecular complexity index is 1350. The Morgan fingerprint density at radius 2 is 1.50 bits per heavy atom.